The first kappa shape index (κ1) is 13.3. The fourth-order valence-corrected chi connectivity index (χ4v) is 2.87. The summed E-state index contributed by atoms with van der Waals surface area (Å²) < 4.78 is 0. The van der Waals surface area contributed by atoms with E-state index in [1.54, 1.807) is 6.33 Å². The Kier molecular flexibility index (Phi) is 3.36. The molecule has 0 amide bonds. The van der Waals surface area contributed by atoms with Gasteiger partial charge in [-0.15, -0.1) is 12.4 Å². The largest absolute Gasteiger partial charge is 0.368 e. The highest BCUT2D eigenvalue weighted by Crippen LogP contribution is 2.22. The van der Waals surface area contributed by atoms with E-state index in [4.69, 9.17) is 5.73 Å². The van der Waals surface area contributed by atoms with Crippen molar-refractivity contribution in [3.8, 4) is 0 Å². The molecule has 0 radical (unpaired) electrons. The van der Waals surface area contributed by atoms with Crippen LogP contribution in [0.4, 0.5) is 11.8 Å². The molecule has 3 aliphatic rings. The third kappa shape index (κ3) is 2.15. The van der Waals surface area contributed by atoms with E-state index in [0.717, 1.165) is 44.1 Å². The molecular formula is C11H17ClN8. The molecule has 0 aliphatic carbocycles. The number of nitrogen functional groups attached to an aromatic ring is 1. The normalized spacial score (nSPS) is 28.3. The standard InChI is InChI=1S/C11H16N8.ClH/c12-11-16-9-8(13-6-14-9)10(17-11)15-7-5-18-1-3-19(7)4-2-18;/h6-7H,1-5H2,(H4,12,13,14,15,16,17);1H. The molecule has 20 heavy (non-hydrogen) atoms. The van der Waals surface area contributed by atoms with Crippen LogP contribution in [-0.2, 0) is 0 Å². The van der Waals surface area contributed by atoms with Gasteiger partial charge in [0.2, 0.25) is 5.95 Å². The molecule has 8 nitrogen and oxygen atoms in total. The lowest BCUT2D eigenvalue weighted by molar-refractivity contribution is 0.0251. The van der Waals surface area contributed by atoms with E-state index in [1.807, 2.05) is 0 Å². The summed E-state index contributed by atoms with van der Waals surface area (Å²) in [6, 6.07) is 0. The van der Waals surface area contributed by atoms with E-state index >= 15 is 0 Å². The van der Waals surface area contributed by atoms with Crippen LogP contribution in [0.3, 0.4) is 0 Å². The van der Waals surface area contributed by atoms with Crippen molar-refractivity contribution >= 4 is 35.3 Å². The number of rotatable bonds is 2. The number of nitrogens with two attached hydrogens (primary N) is 1. The van der Waals surface area contributed by atoms with E-state index in [1.165, 1.54) is 0 Å². The summed E-state index contributed by atoms with van der Waals surface area (Å²) in [5, 5.41) is 3.46. The van der Waals surface area contributed by atoms with Crippen LogP contribution in [0.5, 0.6) is 0 Å². The minimum Gasteiger partial charge on any atom is -0.368 e. The number of anilines is 2. The molecule has 3 fully saturated rings. The van der Waals surface area contributed by atoms with E-state index in [9.17, 15) is 0 Å². The lowest BCUT2D eigenvalue weighted by Gasteiger charge is -2.47. The predicted molar refractivity (Wildman–Crippen MR) is 78.8 cm³/mol. The van der Waals surface area contributed by atoms with Gasteiger partial charge in [0.25, 0.3) is 0 Å². The van der Waals surface area contributed by atoms with Crippen molar-refractivity contribution in [2.24, 2.45) is 0 Å². The van der Waals surface area contributed by atoms with Crippen LogP contribution < -0.4 is 11.1 Å². The van der Waals surface area contributed by atoms with Crippen molar-refractivity contribution in [3.63, 3.8) is 0 Å². The number of aromatic amines is 1. The molecule has 2 aromatic heterocycles. The van der Waals surface area contributed by atoms with E-state index in [0.29, 0.717) is 5.65 Å². The molecule has 0 aromatic carbocycles. The Morgan fingerprint density at radius 1 is 1.25 bits per heavy atom. The average molecular weight is 297 g/mol. The van der Waals surface area contributed by atoms with Crippen molar-refractivity contribution in [2.75, 3.05) is 43.8 Å². The highest BCUT2D eigenvalue weighted by molar-refractivity contribution is 5.85. The highest BCUT2D eigenvalue weighted by Gasteiger charge is 2.32. The van der Waals surface area contributed by atoms with Gasteiger partial charge in [-0.05, 0) is 0 Å². The van der Waals surface area contributed by atoms with Crippen LogP contribution in [-0.4, -0.2) is 68.6 Å². The first-order valence-corrected chi connectivity index (χ1v) is 6.49. The Bertz CT molecular complexity index is 605. The summed E-state index contributed by atoms with van der Waals surface area (Å²) >= 11 is 0. The van der Waals surface area contributed by atoms with Crippen molar-refractivity contribution in [3.05, 3.63) is 6.33 Å². The SMILES string of the molecule is Cl.Nc1nc(NC2CN3CCN2CC3)c2[nH]cnc2n1. The van der Waals surface area contributed by atoms with Gasteiger partial charge in [0.15, 0.2) is 11.5 Å². The fraction of sp³-hybridized carbons (Fsp3) is 0.545. The summed E-state index contributed by atoms with van der Waals surface area (Å²) in [5.41, 5.74) is 7.14. The smallest absolute Gasteiger partial charge is 0.224 e. The van der Waals surface area contributed by atoms with Gasteiger partial charge in [0.1, 0.15) is 5.52 Å². The van der Waals surface area contributed by atoms with Crippen molar-refractivity contribution in [1.82, 2.24) is 29.7 Å². The molecule has 1 unspecified atom stereocenters. The maximum atomic E-state index is 5.72. The Morgan fingerprint density at radius 3 is 2.75 bits per heavy atom. The zero-order chi connectivity index (χ0) is 12.8. The number of hydrogen-bond donors (Lipinski definition) is 3. The van der Waals surface area contributed by atoms with Gasteiger partial charge < -0.3 is 16.0 Å². The van der Waals surface area contributed by atoms with Crippen LogP contribution in [0.1, 0.15) is 0 Å². The van der Waals surface area contributed by atoms with Gasteiger partial charge in [-0.25, -0.2) is 4.98 Å². The quantitative estimate of drug-likeness (QED) is 0.701. The van der Waals surface area contributed by atoms with Crippen molar-refractivity contribution in [1.29, 1.82) is 0 Å². The number of H-pyrrole nitrogens is 1. The average Bonchev–Trinajstić information content (AvgIpc) is 2.88. The summed E-state index contributed by atoms with van der Waals surface area (Å²) in [5.74, 6) is 0.983. The molecule has 9 heteroatoms. The molecule has 5 rings (SSSR count). The second-order valence-corrected chi connectivity index (χ2v) is 5.03. The number of piperazine rings is 3. The minimum absolute atomic E-state index is 0. The Labute approximate surface area is 122 Å². The maximum Gasteiger partial charge on any atom is 0.224 e. The van der Waals surface area contributed by atoms with Crippen LogP contribution in [0, 0.1) is 0 Å². The van der Waals surface area contributed by atoms with Crippen LogP contribution in [0.15, 0.2) is 6.33 Å². The first-order valence-electron chi connectivity index (χ1n) is 6.49. The number of imidazole rings is 1. The Balaban J connectivity index is 0.00000121. The second kappa shape index (κ2) is 5.04. The molecule has 3 aliphatic heterocycles. The van der Waals surface area contributed by atoms with Gasteiger partial charge in [0.05, 0.1) is 12.5 Å². The third-order valence-corrected chi connectivity index (χ3v) is 3.89. The van der Waals surface area contributed by atoms with Gasteiger partial charge >= 0.3 is 0 Å². The molecule has 1 atom stereocenters. The van der Waals surface area contributed by atoms with Crippen LogP contribution in [0.2, 0.25) is 0 Å². The van der Waals surface area contributed by atoms with Crippen LogP contribution in [0.25, 0.3) is 11.2 Å². The summed E-state index contributed by atoms with van der Waals surface area (Å²) in [6.45, 7) is 5.53. The van der Waals surface area contributed by atoms with E-state index in [-0.39, 0.29) is 24.5 Å². The van der Waals surface area contributed by atoms with Gasteiger partial charge in [-0.3, -0.25) is 9.80 Å². The molecule has 0 saturated carbocycles. The van der Waals surface area contributed by atoms with Crippen molar-refractivity contribution in [2.45, 2.75) is 6.17 Å². The molecule has 2 aromatic rings. The van der Waals surface area contributed by atoms with Crippen molar-refractivity contribution < 1.29 is 0 Å². The lowest BCUT2D eigenvalue weighted by Crippen LogP contribution is -2.63. The zero-order valence-electron chi connectivity index (χ0n) is 10.9. The molecule has 2 bridgehead atoms. The second-order valence-electron chi connectivity index (χ2n) is 5.03. The molecular weight excluding hydrogens is 280 g/mol. The number of nitrogens with one attached hydrogen (secondary N) is 2. The topological polar surface area (TPSA) is 99.0 Å². The molecule has 3 saturated heterocycles. The zero-order valence-corrected chi connectivity index (χ0v) is 11.7. The fourth-order valence-electron chi connectivity index (χ4n) is 2.87. The summed E-state index contributed by atoms with van der Waals surface area (Å²) in [6.07, 6.45) is 1.89. The number of aromatic nitrogens is 4. The van der Waals surface area contributed by atoms with Gasteiger partial charge in [0, 0.05) is 32.7 Å². The Morgan fingerprint density at radius 2 is 2.05 bits per heavy atom. The minimum atomic E-state index is 0. The van der Waals surface area contributed by atoms with Gasteiger partial charge in [-0.1, -0.05) is 0 Å². The number of fused-ring (bicyclic) bond motifs is 4. The van der Waals surface area contributed by atoms with E-state index in [2.05, 4.69) is 35.1 Å². The number of hydrogen-bond acceptors (Lipinski definition) is 7. The van der Waals surface area contributed by atoms with Crippen LogP contribution >= 0.6 is 12.4 Å². The van der Waals surface area contributed by atoms with Gasteiger partial charge in [-0.2, -0.15) is 9.97 Å². The molecule has 0 spiro atoms. The number of halogens is 1. The molecule has 108 valence electrons. The first-order chi connectivity index (χ1) is 9.29. The Hall–Kier alpha value is -1.64. The summed E-state index contributed by atoms with van der Waals surface area (Å²) in [7, 11) is 0. The lowest BCUT2D eigenvalue weighted by atomic mass is 10.2. The monoisotopic (exact) mass is 296 g/mol. The molecule has 5 heterocycles. The predicted octanol–water partition coefficient (Wildman–Crippen LogP) is -0.274. The summed E-state index contributed by atoms with van der Waals surface area (Å²) in [4.78, 5) is 20.5. The highest BCUT2D eigenvalue weighted by atomic mass is 35.5. The maximum absolute atomic E-state index is 5.72. The molecule has 4 N–H and O–H groups in total. The number of nitrogens with zero attached hydrogens (tertiary/aromatic N) is 5. The van der Waals surface area contributed by atoms with E-state index < -0.39 is 0 Å². The third-order valence-electron chi connectivity index (χ3n) is 3.89.